The van der Waals surface area contributed by atoms with Gasteiger partial charge in [-0.05, 0) is 97.2 Å². The van der Waals surface area contributed by atoms with Crippen molar-refractivity contribution in [1.29, 1.82) is 0 Å². The highest BCUT2D eigenvalue weighted by Gasteiger charge is 2.66. The monoisotopic (exact) mass is 1390 g/mol. The molecule has 2 saturated carbocycles. The molecule has 3 aliphatic rings. The Kier molecular flexibility index (Phi) is 33.6. The van der Waals surface area contributed by atoms with Gasteiger partial charge in [0.1, 0.15) is 6.10 Å². The molecule has 3 rings (SSSR count). The van der Waals surface area contributed by atoms with Crippen molar-refractivity contribution < 1.29 is 28.0 Å². The number of aliphatic hydroxyl groups excluding tert-OH is 1. The lowest BCUT2D eigenvalue weighted by atomic mass is 9.49. The summed E-state index contributed by atoms with van der Waals surface area (Å²) in [6.45, 7) is 8.60. The van der Waals surface area contributed by atoms with Crippen LogP contribution in [0.3, 0.4) is 0 Å². The molecule has 6 nitrogen and oxygen atoms in total. The first-order valence-corrected chi connectivity index (χ1v) is 71.4. The van der Waals surface area contributed by atoms with E-state index in [0.29, 0.717) is 20.0 Å². The maximum Gasteiger partial charge on any atom is 0.175 e. The molecule has 0 aliphatic heterocycles. The van der Waals surface area contributed by atoms with Crippen LogP contribution in [0.4, 0.5) is 0 Å². The molecule has 0 saturated heterocycles. The van der Waals surface area contributed by atoms with Crippen LogP contribution in [0, 0.1) is 22.7 Å². The number of ketones is 1. The molecule has 31 atom stereocenters. The van der Waals surface area contributed by atoms with Gasteiger partial charge < -0.3 is 23.2 Å². The van der Waals surface area contributed by atoms with Crippen LogP contribution in [-0.2, 0) is 22.9 Å². The second-order valence-corrected chi connectivity index (χ2v) is 122. The predicted octanol–water partition coefficient (Wildman–Crippen LogP) is 20.2. The Labute approximate surface area is 407 Å². The Balaban J connectivity index is 2.53. The molecule has 24 unspecified atom stereocenters. The van der Waals surface area contributed by atoms with Crippen LogP contribution >= 0.6 is 261 Å². The van der Waals surface area contributed by atoms with E-state index in [0.717, 1.165) is 17.6 Å². The highest BCUT2D eigenvalue weighted by molar-refractivity contribution is 9.19. The fourth-order valence-electron chi connectivity index (χ4n) is 7.69. The molecule has 0 amide bonds. The fourth-order valence-corrected chi connectivity index (χ4v) is 203. The summed E-state index contributed by atoms with van der Waals surface area (Å²) in [5.41, 5.74) is 1.31. The summed E-state index contributed by atoms with van der Waals surface area (Å²) in [4.78, 5) is 16.5. The quantitative estimate of drug-likeness (QED) is 0.103. The van der Waals surface area contributed by atoms with E-state index in [9.17, 15) is 5.11 Å². The van der Waals surface area contributed by atoms with Gasteiger partial charge in [0.2, 0.25) is 0 Å². The zero-order valence-corrected chi connectivity index (χ0v) is 65.5. The molecule has 0 spiro atoms. The van der Waals surface area contributed by atoms with Crippen molar-refractivity contribution in [3.63, 3.8) is 0 Å². The van der Waals surface area contributed by atoms with E-state index in [2.05, 4.69) is 186 Å². The number of carbonyl (C=O) groups excluding carboxylic acids is 1. The van der Waals surface area contributed by atoms with Gasteiger partial charge in [-0.1, -0.05) is 46.2 Å². The number of aliphatic hydroxyl groups is 1. The average Bonchev–Trinajstić information content (AvgIpc) is 3.10. The topological polar surface area (TPSA) is 74.2 Å². The van der Waals surface area contributed by atoms with E-state index in [4.69, 9.17) is 18.1 Å². The molecule has 0 aromatic carbocycles. The maximum absolute atomic E-state index is 16.5. The normalized spacial score (nSPS) is 32.1. The van der Waals surface area contributed by atoms with E-state index in [1.807, 2.05) is 0 Å². The second kappa shape index (κ2) is 30.0. The van der Waals surface area contributed by atoms with Gasteiger partial charge in [-0.2, -0.15) is 0 Å². The van der Waals surface area contributed by atoms with Crippen molar-refractivity contribution in [3.8, 4) is 0 Å². The summed E-state index contributed by atoms with van der Waals surface area (Å²) in [6, 6.07) is 0. The SMILES string of the molecule is C=C1[C@@H](O)C[C@H](OP(P(P)P)P(P)P)[C@@]2(C)C(=O)[C@H](OP(P(P)P)P(PP)P(P)P)C3=C(C)[C@@H](OP(P(P)P(P)P)P(P(P)P)P(P)P)CC([C@@H](OPP)[C@H]12)C3(C)C. The standard InChI is InChI=1S/C20H62O6P32/c1-8-11(21)7-13(25-46(49(29)30)50(31)32)20(5)15(8)16(23-44-27)10-6-12(24-48(56(43)52(35)36)58(54(39)40)55(41)42)9(2)14(19(10,3)4)17(18(20)22)26-47(51(33)34)57(45-28)53(37)38/h10-13,15-17,21,44-45H,1,6-7,27-43H2,2-5H3/t10?,11-,12-,13-,15-,16+,17+,20+,47?,48?,56?,57?/m0/s1. The van der Waals surface area contributed by atoms with Crippen LogP contribution in [-0.4, -0.2) is 41.4 Å². The van der Waals surface area contributed by atoms with Gasteiger partial charge in [0, 0.05) is 41.8 Å². The van der Waals surface area contributed by atoms with Gasteiger partial charge in [-0.15, -0.1) is 134 Å². The zero-order chi connectivity index (χ0) is 44.5. The van der Waals surface area contributed by atoms with Gasteiger partial charge in [-0.3, -0.25) is 4.79 Å². The minimum absolute atomic E-state index is 0.0350. The molecule has 2 bridgehead atoms. The smallest absolute Gasteiger partial charge is 0.175 e. The zero-order valence-electron chi connectivity index (χ0n) is 32.3. The fraction of sp³-hybridized carbons (Fsp3) is 0.750. The van der Waals surface area contributed by atoms with Crippen LogP contribution in [0.1, 0.15) is 40.5 Å². The third-order valence-corrected chi connectivity index (χ3v) is 151. The summed E-state index contributed by atoms with van der Waals surface area (Å²) in [7, 11) is 50.1. The van der Waals surface area contributed by atoms with E-state index in [1.165, 1.54) is 0 Å². The third kappa shape index (κ3) is 16.1. The van der Waals surface area contributed by atoms with Gasteiger partial charge >= 0.3 is 0 Å². The second-order valence-electron chi connectivity index (χ2n) is 13.9. The Morgan fingerprint density at radius 3 is 1.69 bits per heavy atom. The lowest BCUT2D eigenvalue weighted by molar-refractivity contribution is -0.160. The van der Waals surface area contributed by atoms with Gasteiger partial charge in [0.15, 0.2) is 5.78 Å². The molecule has 0 radical (unpaired) electrons. The van der Waals surface area contributed by atoms with Crippen molar-refractivity contribution in [2.45, 2.75) is 71.1 Å². The van der Waals surface area contributed by atoms with Crippen LogP contribution in [0.25, 0.3) is 0 Å². The third-order valence-electron chi connectivity index (χ3n) is 10.2. The van der Waals surface area contributed by atoms with E-state index in [-0.39, 0.29) is 26.3 Å². The van der Waals surface area contributed by atoms with Crippen LogP contribution in [0.5, 0.6) is 0 Å². The Morgan fingerprint density at radius 1 is 0.724 bits per heavy atom. The highest BCUT2D eigenvalue weighted by atomic mass is 33.2. The number of hydrogen-bond acceptors (Lipinski definition) is 6. The number of Topliss-reactive ketones (excluding diaryl/α,β-unsaturated/α-hetero) is 1. The summed E-state index contributed by atoms with van der Waals surface area (Å²) >= 11 is 0. The maximum atomic E-state index is 16.5. The molecule has 58 heavy (non-hydrogen) atoms. The summed E-state index contributed by atoms with van der Waals surface area (Å²) in [5.74, 6) is -0.519. The molecular weight excluding hydrogens is 1330 g/mol. The Bertz CT molecular complexity index is 1410. The lowest BCUT2D eigenvalue weighted by Gasteiger charge is -2.60. The molecule has 0 aromatic heterocycles. The van der Waals surface area contributed by atoms with E-state index < -0.39 is 134 Å². The number of fused-ring (bicyclic) bond motifs is 3. The number of hydrogen-bond donors (Lipinski definition) is 1. The Hall–Kier alpha value is 12.7. The molecule has 0 aromatic rings. The first-order valence-electron chi connectivity index (χ1n) is 16.5. The van der Waals surface area contributed by atoms with Gasteiger partial charge in [-0.25, -0.2) is 0 Å². The van der Waals surface area contributed by atoms with E-state index >= 15 is 4.79 Å². The molecule has 3 aliphatic carbocycles. The van der Waals surface area contributed by atoms with Crippen molar-refractivity contribution in [2.75, 3.05) is 0 Å². The highest BCUT2D eigenvalue weighted by Crippen LogP contribution is 3.18. The van der Waals surface area contributed by atoms with Crippen molar-refractivity contribution in [2.24, 2.45) is 22.7 Å². The predicted molar refractivity (Wildman–Crippen MR) is 362 cm³/mol. The van der Waals surface area contributed by atoms with Gasteiger partial charge in [0.05, 0.1) is 52.4 Å². The molecule has 338 valence electrons. The minimum Gasteiger partial charge on any atom is -0.389 e. The van der Waals surface area contributed by atoms with E-state index in [1.54, 1.807) is 0 Å². The largest absolute Gasteiger partial charge is 0.389 e. The average molecular weight is 1390 g/mol. The molecule has 0 heterocycles. The molecular formula is C20H62O6P32. The van der Waals surface area contributed by atoms with Gasteiger partial charge in [0.25, 0.3) is 0 Å². The van der Waals surface area contributed by atoms with Crippen molar-refractivity contribution in [1.82, 2.24) is 0 Å². The molecule has 38 heteroatoms. The van der Waals surface area contributed by atoms with Crippen molar-refractivity contribution >= 4 is 266 Å². The molecule has 2 fully saturated rings. The minimum atomic E-state index is -1.08. The van der Waals surface area contributed by atoms with Crippen LogP contribution in [0.15, 0.2) is 23.3 Å². The number of rotatable bonds is 19. The summed E-state index contributed by atoms with van der Waals surface area (Å²) in [6.07, 6.45) is -1.75. The molecule has 1 N–H and O–H groups in total. The summed E-state index contributed by atoms with van der Waals surface area (Å²) < 4.78 is 29.7. The summed E-state index contributed by atoms with van der Waals surface area (Å²) in [5, 5.41) is 12.0. The van der Waals surface area contributed by atoms with Crippen molar-refractivity contribution in [3.05, 3.63) is 23.3 Å². The number of carbonyl (C=O) groups is 1. The van der Waals surface area contributed by atoms with Crippen LogP contribution in [0.2, 0.25) is 0 Å². The van der Waals surface area contributed by atoms with Crippen LogP contribution < -0.4 is 0 Å². The first kappa shape index (κ1) is 65.0. The first-order chi connectivity index (χ1) is 26.7. The lowest BCUT2D eigenvalue weighted by Crippen LogP contribution is -2.65. The Morgan fingerprint density at radius 2 is 1.26 bits per heavy atom.